The lowest BCUT2D eigenvalue weighted by molar-refractivity contribution is 0.196. The summed E-state index contributed by atoms with van der Waals surface area (Å²) in [7, 11) is 0. The molecule has 0 saturated carbocycles. The summed E-state index contributed by atoms with van der Waals surface area (Å²) in [6.07, 6.45) is 0.813. The summed E-state index contributed by atoms with van der Waals surface area (Å²) in [6, 6.07) is 7.84. The number of hydrogen-bond donors (Lipinski definition) is 2. The highest BCUT2D eigenvalue weighted by molar-refractivity contribution is 7.98. The molecule has 1 aromatic rings. The molecule has 1 atom stereocenters. The minimum Gasteiger partial charge on any atom is -0.391 e. The highest BCUT2D eigenvalue weighted by Gasteiger charge is 2.04. The minimum atomic E-state index is -0.283. The van der Waals surface area contributed by atoms with Crippen molar-refractivity contribution >= 4 is 23.4 Å². The Balaban J connectivity index is 2.17. The molecule has 96 valence electrons. The van der Waals surface area contributed by atoms with Crippen molar-refractivity contribution in [1.82, 2.24) is 5.32 Å². The third-order valence-corrected chi connectivity index (χ3v) is 3.84. The van der Waals surface area contributed by atoms with E-state index in [1.807, 2.05) is 24.3 Å². The molecule has 2 nitrogen and oxygen atoms in total. The Labute approximate surface area is 113 Å². The molecule has 1 rings (SSSR count). The first kappa shape index (κ1) is 14.8. The number of nitrogens with one attached hydrogen (secondary N) is 1. The van der Waals surface area contributed by atoms with E-state index < -0.39 is 0 Å². The van der Waals surface area contributed by atoms with Gasteiger partial charge in [-0.3, -0.25) is 0 Å². The highest BCUT2D eigenvalue weighted by atomic mass is 35.5. The van der Waals surface area contributed by atoms with Gasteiger partial charge in [0.15, 0.2) is 0 Å². The average Bonchev–Trinajstić information content (AvgIpc) is 2.32. The summed E-state index contributed by atoms with van der Waals surface area (Å²) < 4.78 is 0. The van der Waals surface area contributed by atoms with Crippen LogP contribution in [-0.4, -0.2) is 30.1 Å². The molecule has 1 aromatic carbocycles. The topological polar surface area (TPSA) is 32.3 Å². The Morgan fingerprint density at radius 3 is 2.88 bits per heavy atom. The lowest BCUT2D eigenvalue weighted by Crippen LogP contribution is -2.28. The fraction of sp³-hybridized carbons (Fsp3) is 0.538. The summed E-state index contributed by atoms with van der Waals surface area (Å²) in [6.45, 7) is 3.75. The van der Waals surface area contributed by atoms with Crippen LogP contribution in [0.15, 0.2) is 24.3 Å². The van der Waals surface area contributed by atoms with Crippen LogP contribution in [0.3, 0.4) is 0 Å². The molecule has 0 bridgehead atoms. The van der Waals surface area contributed by atoms with Gasteiger partial charge in [0.05, 0.1) is 6.10 Å². The van der Waals surface area contributed by atoms with Gasteiger partial charge in [-0.05, 0) is 24.6 Å². The van der Waals surface area contributed by atoms with Crippen LogP contribution < -0.4 is 5.32 Å². The zero-order valence-electron chi connectivity index (χ0n) is 10.2. The average molecular weight is 274 g/mol. The molecule has 2 N–H and O–H groups in total. The van der Waals surface area contributed by atoms with E-state index in [0.29, 0.717) is 6.54 Å². The number of benzene rings is 1. The van der Waals surface area contributed by atoms with Crippen LogP contribution in [0.5, 0.6) is 0 Å². The van der Waals surface area contributed by atoms with Crippen molar-refractivity contribution in [2.75, 3.05) is 18.8 Å². The molecule has 0 aromatic heterocycles. The Kier molecular flexibility index (Phi) is 7.69. The second-order valence-electron chi connectivity index (χ2n) is 3.96. The van der Waals surface area contributed by atoms with Crippen LogP contribution in [0.4, 0.5) is 0 Å². The van der Waals surface area contributed by atoms with Crippen molar-refractivity contribution < 1.29 is 5.11 Å². The normalized spacial score (nSPS) is 12.6. The maximum absolute atomic E-state index is 9.71. The van der Waals surface area contributed by atoms with Gasteiger partial charge in [0, 0.05) is 23.1 Å². The molecule has 1 unspecified atom stereocenters. The van der Waals surface area contributed by atoms with E-state index in [1.165, 1.54) is 0 Å². The van der Waals surface area contributed by atoms with E-state index in [4.69, 9.17) is 11.6 Å². The van der Waals surface area contributed by atoms with Gasteiger partial charge in [0.1, 0.15) is 0 Å². The number of thioether (sulfide) groups is 1. The molecule has 0 aliphatic rings. The summed E-state index contributed by atoms with van der Waals surface area (Å²) in [4.78, 5) is 0. The van der Waals surface area contributed by atoms with E-state index in [9.17, 15) is 5.11 Å². The van der Waals surface area contributed by atoms with Crippen LogP contribution in [0.25, 0.3) is 0 Å². The van der Waals surface area contributed by atoms with Crippen molar-refractivity contribution in [3.8, 4) is 0 Å². The number of hydrogen-bond acceptors (Lipinski definition) is 3. The summed E-state index contributed by atoms with van der Waals surface area (Å²) in [5.41, 5.74) is 1.13. The lowest BCUT2D eigenvalue weighted by atomic mass is 10.2. The van der Waals surface area contributed by atoms with Gasteiger partial charge >= 0.3 is 0 Å². The van der Waals surface area contributed by atoms with E-state index in [0.717, 1.165) is 35.1 Å². The molecule has 4 heteroatoms. The molecule has 0 spiro atoms. The number of halogens is 1. The predicted molar refractivity (Wildman–Crippen MR) is 76.8 cm³/mol. The number of aliphatic hydroxyl groups excluding tert-OH is 1. The minimum absolute atomic E-state index is 0.283. The SMILES string of the molecule is CCCNCC(O)CSCc1ccccc1Cl. The zero-order chi connectivity index (χ0) is 12.5. The van der Waals surface area contributed by atoms with Crippen LogP contribution in [-0.2, 0) is 5.75 Å². The van der Waals surface area contributed by atoms with Crippen molar-refractivity contribution in [2.45, 2.75) is 25.2 Å². The highest BCUT2D eigenvalue weighted by Crippen LogP contribution is 2.20. The maximum Gasteiger partial charge on any atom is 0.0754 e. The molecule has 0 amide bonds. The molecule has 0 aliphatic carbocycles. The van der Waals surface area contributed by atoms with Gasteiger partial charge in [0.25, 0.3) is 0 Å². The van der Waals surface area contributed by atoms with Gasteiger partial charge in [-0.1, -0.05) is 36.7 Å². The monoisotopic (exact) mass is 273 g/mol. The fourth-order valence-corrected chi connectivity index (χ4v) is 2.69. The first-order valence-corrected chi connectivity index (χ1v) is 7.47. The van der Waals surface area contributed by atoms with Gasteiger partial charge in [-0.15, -0.1) is 0 Å². The van der Waals surface area contributed by atoms with Crippen LogP contribution in [0.2, 0.25) is 5.02 Å². The molecule has 0 saturated heterocycles. The Hall–Kier alpha value is -0.220. The van der Waals surface area contributed by atoms with E-state index >= 15 is 0 Å². The second kappa shape index (κ2) is 8.81. The van der Waals surface area contributed by atoms with E-state index in [1.54, 1.807) is 11.8 Å². The molecule has 0 aliphatic heterocycles. The molecular weight excluding hydrogens is 254 g/mol. The summed E-state index contributed by atoms with van der Waals surface area (Å²) in [5.74, 6) is 1.59. The van der Waals surface area contributed by atoms with E-state index in [-0.39, 0.29) is 6.10 Å². The van der Waals surface area contributed by atoms with Crippen LogP contribution in [0.1, 0.15) is 18.9 Å². The predicted octanol–water partition coefficient (Wildman–Crippen LogP) is 2.93. The number of aliphatic hydroxyl groups is 1. The van der Waals surface area contributed by atoms with Crippen molar-refractivity contribution in [2.24, 2.45) is 0 Å². The van der Waals surface area contributed by atoms with Gasteiger partial charge in [-0.2, -0.15) is 11.8 Å². The van der Waals surface area contributed by atoms with Gasteiger partial charge < -0.3 is 10.4 Å². The third kappa shape index (κ3) is 6.32. The molecule has 0 fully saturated rings. The summed E-state index contributed by atoms with van der Waals surface area (Å²) in [5, 5.41) is 13.7. The Morgan fingerprint density at radius 2 is 2.18 bits per heavy atom. The molecular formula is C13H20ClNOS. The largest absolute Gasteiger partial charge is 0.391 e. The van der Waals surface area contributed by atoms with Crippen molar-refractivity contribution in [3.05, 3.63) is 34.9 Å². The second-order valence-corrected chi connectivity index (χ2v) is 5.40. The van der Waals surface area contributed by atoms with Gasteiger partial charge in [-0.25, -0.2) is 0 Å². The van der Waals surface area contributed by atoms with Crippen LogP contribution in [0, 0.1) is 0 Å². The van der Waals surface area contributed by atoms with Crippen molar-refractivity contribution in [1.29, 1.82) is 0 Å². The van der Waals surface area contributed by atoms with Crippen molar-refractivity contribution in [3.63, 3.8) is 0 Å². The maximum atomic E-state index is 9.71. The fourth-order valence-electron chi connectivity index (χ4n) is 1.42. The van der Waals surface area contributed by atoms with E-state index in [2.05, 4.69) is 12.2 Å². The Bertz CT molecular complexity index is 322. The third-order valence-electron chi connectivity index (χ3n) is 2.33. The molecule has 17 heavy (non-hydrogen) atoms. The first-order valence-electron chi connectivity index (χ1n) is 5.94. The standard InChI is InChI=1S/C13H20ClNOS/c1-2-7-15-8-12(16)10-17-9-11-5-3-4-6-13(11)14/h3-6,12,15-16H,2,7-10H2,1H3. The van der Waals surface area contributed by atoms with Crippen LogP contribution >= 0.6 is 23.4 Å². The smallest absolute Gasteiger partial charge is 0.0754 e. The zero-order valence-corrected chi connectivity index (χ0v) is 11.7. The molecule has 0 heterocycles. The Morgan fingerprint density at radius 1 is 1.41 bits per heavy atom. The summed E-state index contributed by atoms with van der Waals surface area (Å²) >= 11 is 7.77. The first-order chi connectivity index (χ1) is 8.24. The van der Waals surface area contributed by atoms with Gasteiger partial charge in [0.2, 0.25) is 0 Å². The molecule has 0 radical (unpaired) electrons. The lowest BCUT2D eigenvalue weighted by Gasteiger charge is -2.11. The number of rotatable bonds is 8. The quantitative estimate of drug-likeness (QED) is 0.715.